The summed E-state index contributed by atoms with van der Waals surface area (Å²) >= 11 is 2.85. The van der Waals surface area contributed by atoms with E-state index in [0.717, 1.165) is 15.4 Å². The monoisotopic (exact) mass is 527 g/mol. The Morgan fingerprint density at radius 3 is 2.61 bits per heavy atom. The van der Waals surface area contributed by atoms with Gasteiger partial charge in [-0.1, -0.05) is 24.6 Å². The molecule has 2 aromatic heterocycles. The van der Waals surface area contributed by atoms with Crippen LogP contribution < -0.4 is 0 Å². The second-order valence-electron chi connectivity index (χ2n) is 9.37. The zero-order valence-electron chi connectivity index (χ0n) is 20.1. The first-order valence-electron chi connectivity index (χ1n) is 11.3. The number of carbonyl (C=O) groups is 3. The van der Waals surface area contributed by atoms with Gasteiger partial charge in [-0.05, 0) is 32.2 Å². The van der Waals surface area contributed by atoms with Crippen molar-refractivity contribution in [2.45, 2.75) is 37.9 Å². The highest BCUT2D eigenvalue weighted by Crippen LogP contribution is 2.58. The number of aromatic nitrogens is 2. The van der Waals surface area contributed by atoms with E-state index in [1.54, 1.807) is 31.6 Å². The number of carboxylic acid groups (broad SMARTS) is 1. The number of imidazole rings is 1. The van der Waals surface area contributed by atoms with Crippen LogP contribution in [0.15, 0.2) is 47.5 Å². The Balaban J connectivity index is 1.61. The lowest BCUT2D eigenvalue weighted by Gasteiger charge is -2.50. The molecule has 0 unspecified atom stereocenters. The van der Waals surface area contributed by atoms with Gasteiger partial charge in [0.1, 0.15) is 28.5 Å². The quantitative estimate of drug-likeness (QED) is 0.273. The molecular weight excluding hydrogens is 502 g/mol. The molecule has 4 heterocycles. The summed E-state index contributed by atoms with van der Waals surface area (Å²) in [5.74, 6) is -3.05. The number of esters is 1. The highest BCUT2D eigenvalue weighted by Gasteiger charge is 2.67. The maximum absolute atomic E-state index is 13.0. The van der Waals surface area contributed by atoms with Gasteiger partial charge in [-0.3, -0.25) is 9.20 Å². The van der Waals surface area contributed by atoms with E-state index in [4.69, 9.17) is 4.74 Å². The molecule has 2 aliphatic heterocycles. The first-order chi connectivity index (χ1) is 17.1. The van der Waals surface area contributed by atoms with Crippen molar-refractivity contribution in [1.29, 1.82) is 0 Å². The molecule has 1 saturated heterocycles. The fourth-order valence-corrected chi connectivity index (χ4v) is 7.20. The molecule has 1 amide bonds. The zero-order chi connectivity index (χ0) is 25.9. The van der Waals surface area contributed by atoms with Crippen LogP contribution in [0.25, 0.3) is 10.4 Å². The van der Waals surface area contributed by atoms with Gasteiger partial charge in [-0.15, -0.1) is 23.1 Å². The molecule has 36 heavy (non-hydrogen) atoms. The van der Waals surface area contributed by atoms with Crippen molar-refractivity contribution in [3.63, 3.8) is 0 Å². The molecule has 1 aromatic carbocycles. The Morgan fingerprint density at radius 1 is 1.31 bits per heavy atom. The summed E-state index contributed by atoms with van der Waals surface area (Å²) in [4.78, 5) is 45.5. The number of benzene rings is 1. The van der Waals surface area contributed by atoms with Crippen LogP contribution >= 0.6 is 23.1 Å². The average molecular weight is 528 g/mol. The van der Waals surface area contributed by atoms with E-state index < -0.39 is 41.3 Å². The largest absolute Gasteiger partial charge is 0.477 e. The molecule has 3 aromatic rings. The molecule has 0 saturated carbocycles. The number of rotatable bonds is 7. The summed E-state index contributed by atoms with van der Waals surface area (Å²) in [5, 5.41) is 21.4. The van der Waals surface area contributed by atoms with Crippen LogP contribution in [0.2, 0.25) is 0 Å². The van der Waals surface area contributed by atoms with Gasteiger partial charge in [0.15, 0.2) is 0 Å². The number of carboxylic acids is 1. The Labute approximate surface area is 215 Å². The summed E-state index contributed by atoms with van der Waals surface area (Å²) in [6.45, 7) is 5.06. The Kier molecular flexibility index (Phi) is 5.97. The van der Waals surface area contributed by atoms with Crippen LogP contribution in [0, 0.1) is 18.3 Å². The third kappa shape index (κ3) is 3.56. The first-order valence-corrected chi connectivity index (χ1v) is 13.4. The average Bonchev–Trinajstić information content (AvgIpc) is 3.46. The number of aliphatic carboxylic acids is 1. The molecule has 1 fully saturated rings. The van der Waals surface area contributed by atoms with E-state index in [1.807, 2.05) is 29.7 Å². The molecular formula is C25H25N3O6S2. The van der Waals surface area contributed by atoms with Crippen molar-refractivity contribution in [3.05, 3.63) is 58.5 Å². The van der Waals surface area contributed by atoms with Crippen molar-refractivity contribution in [3.8, 4) is 0 Å². The highest BCUT2D eigenvalue weighted by atomic mass is 32.2. The number of nitrogens with zero attached hydrogens (tertiary/aromatic N) is 3. The minimum absolute atomic E-state index is 0.140. The number of hydrogen-bond acceptors (Lipinski definition) is 8. The van der Waals surface area contributed by atoms with Crippen LogP contribution in [0.4, 0.5) is 0 Å². The molecule has 0 aliphatic carbocycles. The van der Waals surface area contributed by atoms with Crippen LogP contribution in [-0.4, -0.2) is 67.4 Å². The van der Waals surface area contributed by atoms with Crippen molar-refractivity contribution < 1.29 is 29.3 Å². The van der Waals surface area contributed by atoms with E-state index in [1.165, 1.54) is 34.9 Å². The standard InChI is InChI=1S/C25H25N3O6S2/c1-12-5-7-14(8-6-12)24(33)34-10-25(3)17(15-9-27-11-26-20(35-4)22(27)36-15)18(23(31)32)28-19(25)16(13(2)29)21(28)30/h5-9,11,13,16,19,29H,10H2,1-4H3,(H,31,32)/t13-,16-,19-,25+/m1/s1. The van der Waals surface area contributed by atoms with Gasteiger partial charge in [0.2, 0.25) is 5.91 Å². The number of β-lactam (4-membered cyclic amide) rings is 1. The van der Waals surface area contributed by atoms with Crippen molar-refractivity contribution in [1.82, 2.24) is 14.3 Å². The second kappa shape index (κ2) is 8.75. The Morgan fingerprint density at radius 2 is 2.00 bits per heavy atom. The minimum Gasteiger partial charge on any atom is -0.477 e. The van der Waals surface area contributed by atoms with Gasteiger partial charge < -0.3 is 19.8 Å². The van der Waals surface area contributed by atoms with Gasteiger partial charge >= 0.3 is 11.9 Å². The molecule has 0 spiro atoms. The van der Waals surface area contributed by atoms with Crippen LogP contribution in [0.3, 0.4) is 0 Å². The summed E-state index contributed by atoms with van der Waals surface area (Å²) in [5.41, 5.74) is 0.579. The number of thiazole rings is 1. The lowest BCUT2D eigenvalue weighted by atomic mass is 9.67. The molecule has 0 radical (unpaired) electrons. The third-order valence-electron chi connectivity index (χ3n) is 6.97. The molecule has 9 nitrogen and oxygen atoms in total. The third-order valence-corrected chi connectivity index (χ3v) is 8.92. The van der Waals surface area contributed by atoms with E-state index in [2.05, 4.69) is 4.98 Å². The molecule has 11 heteroatoms. The van der Waals surface area contributed by atoms with E-state index in [-0.39, 0.29) is 12.3 Å². The smallest absolute Gasteiger partial charge is 0.352 e. The van der Waals surface area contributed by atoms with Crippen molar-refractivity contribution >= 4 is 51.3 Å². The predicted molar refractivity (Wildman–Crippen MR) is 135 cm³/mol. The number of fused-ring (bicyclic) bond motifs is 2. The maximum atomic E-state index is 13.0. The molecule has 188 valence electrons. The van der Waals surface area contributed by atoms with E-state index in [0.29, 0.717) is 16.0 Å². The van der Waals surface area contributed by atoms with Gasteiger partial charge in [-0.25, -0.2) is 14.6 Å². The van der Waals surface area contributed by atoms with Crippen molar-refractivity contribution in [2.24, 2.45) is 11.3 Å². The summed E-state index contributed by atoms with van der Waals surface area (Å²) < 4.78 is 7.57. The lowest BCUT2D eigenvalue weighted by molar-refractivity contribution is -0.167. The van der Waals surface area contributed by atoms with E-state index >= 15 is 0 Å². The highest BCUT2D eigenvalue weighted by molar-refractivity contribution is 7.98. The number of aryl methyl sites for hydroxylation is 1. The maximum Gasteiger partial charge on any atom is 0.352 e. The van der Waals surface area contributed by atoms with Gasteiger partial charge in [-0.2, -0.15) is 0 Å². The van der Waals surface area contributed by atoms with Crippen LogP contribution in [0.5, 0.6) is 0 Å². The number of aliphatic hydroxyl groups is 1. The Hall–Kier alpha value is -3.15. The van der Waals surface area contributed by atoms with E-state index in [9.17, 15) is 24.6 Å². The number of ether oxygens (including phenoxy) is 1. The number of carbonyl (C=O) groups excluding carboxylic acids is 2. The van der Waals surface area contributed by atoms with Gasteiger partial charge in [0.25, 0.3) is 0 Å². The SMILES string of the molecule is CSc1ncn2cc(C3=C(C(=O)O)N4C(=O)[C@H]([C@@H](C)O)[C@@H]4[C@@]3(C)COC(=O)c3ccc(C)cc3)sc12. The zero-order valence-corrected chi connectivity index (χ0v) is 21.7. The number of thioether (sulfide) groups is 1. The first kappa shape index (κ1) is 24.5. The molecule has 5 rings (SSSR count). The second-order valence-corrected chi connectivity index (χ2v) is 11.2. The summed E-state index contributed by atoms with van der Waals surface area (Å²) in [6.07, 6.45) is 4.36. The molecule has 4 atom stereocenters. The fraction of sp³-hybridized carbons (Fsp3) is 0.360. The minimum atomic E-state index is -1.25. The topological polar surface area (TPSA) is 121 Å². The normalized spacial score (nSPS) is 24.1. The Bertz CT molecular complexity index is 1420. The fourth-order valence-electron chi connectivity index (χ4n) is 5.24. The molecule has 0 bridgehead atoms. The molecule has 2 N–H and O–H groups in total. The number of amides is 1. The van der Waals surface area contributed by atoms with Gasteiger partial charge in [0, 0.05) is 11.8 Å². The van der Waals surface area contributed by atoms with Crippen molar-refractivity contribution in [2.75, 3.05) is 12.9 Å². The van der Waals surface area contributed by atoms with Gasteiger partial charge in [0.05, 0.1) is 33.9 Å². The number of hydrogen-bond donors (Lipinski definition) is 2. The van der Waals surface area contributed by atoms with Crippen LogP contribution in [-0.2, 0) is 14.3 Å². The summed E-state index contributed by atoms with van der Waals surface area (Å²) in [7, 11) is 0. The molecule has 2 aliphatic rings. The number of aliphatic hydroxyl groups excluding tert-OH is 1. The lowest BCUT2D eigenvalue weighted by Crippen LogP contribution is -2.66. The summed E-state index contributed by atoms with van der Waals surface area (Å²) in [6, 6.07) is 6.29. The van der Waals surface area contributed by atoms with Crippen LogP contribution in [0.1, 0.15) is 34.6 Å². The predicted octanol–water partition coefficient (Wildman–Crippen LogP) is 3.31.